The van der Waals surface area contributed by atoms with E-state index in [9.17, 15) is 4.39 Å². The molecule has 1 unspecified atom stereocenters. The second-order valence-corrected chi connectivity index (χ2v) is 4.99. The zero-order valence-electron chi connectivity index (χ0n) is 10.7. The van der Waals surface area contributed by atoms with Crippen molar-refractivity contribution in [3.8, 4) is 0 Å². The van der Waals surface area contributed by atoms with Crippen LogP contribution in [-0.2, 0) is 6.42 Å². The number of nitrogens with two attached hydrogens (primary N) is 1. The first-order valence-electron chi connectivity index (χ1n) is 6.11. The van der Waals surface area contributed by atoms with E-state index >= 15 is 0 Å². The molecule has 4 heteroatoms. The molecule has 0 radical (unpaired) electrons. The molecule has 3 N–H and O–H groups in total. The minimum Gasteiger partial charge on any atom is -0.397 e. The van der Waals surface area contributed by atoms with Crippen LogP contribution in [0.2, 0.25) is 5.02 Å². The van der Waals surface area contributed by atoms with Gasteiger partial charge >= 0.3 is 0 Å². The summed E-state index contributed by atoms with van der Waals surface area (Å²) in [5.41, 5.74) is 8.32. The molecule has 100 valence electrons. The van der Waals surface area contributed by atoms with Crippen molar-refractivity contribution in [3.63, 3.8) is 0 Å². The van der Waals surface area contributed by atoms with Gasteiger partial charge in [-0.25, -0.2) is 4.39 Å². The lowest BCUT2D eigenvalue weighted by molar-refractivity contribution is 0.626. The van der Waals surface area contributed by atoms with Gasteiger partial charge < -0.3 is 11.1 Å². The Morgan fingerprint density at radius 2 is 1.89 bits per heavy atom. The van der Waals surface area contributed by atoms with Crippen molar-refractivity contribution >= 4 is 23.0 Å². The Balaban J connectivity index is 2.05. The van der Waals surface area contributed by atoms with Crippen molar-refractivity contribution in [2.24, 2.45) is 0 Å². The van der Waals surface area contributed by atoms with Crippen LogP contribution >= 0.6 is 11.6 Å². The van der Waals surface area contributed by atoms with Crippen LogP contribution in [-0.4, -0.2) is 6.04 Å². The summed E-state index contributed by atoms with van der Waals surface area (Å²) in [6.07, 6.45) is 0.769. The maximum absolute atomic E-state index is 12.8. The molecule has 0 aliphatic heterocycles. The molecule has 0 aliphatic rings. The van der Waals surface area contributed by atoms with Crippen molar-refractivity contribution in [1.82, 2.24) is 0 Å². The summed E-state index contributed by atoms with van der Waals surface area (Å²) in [5.74, 6) is -0.222. The highest BCUT2D eigenvalue weighted by Crippen LogP contribution is 2.28. The van der Waals surface area contributed by atoms with Crippen LogP contribution in [0, 0.1) is 5.82 Å². The van der Waals surface area contributed by atoms with Gasteiger partial charge in [-0.05, 0) is 43.2 Å². The SMILES string of the molecule is CC(Cc1ccc(F)cc1)Nc1c(N)cccc1Cl. The highest BCUT2D eigenvalue weighted by molar-refractivity contribution is 6.33. The molecule has 2 nitrogen and oxygen atoms in total. The Morgan fingerprint density at radius 1 is 1.21 bits per heavy atom. The third kappa shape index (κ3) is 3.61. The van der Waals surface area contributed by atoms with E-state index < -0.39 is 0 Å². The number of benzene rings is 2. The van der Waals surface area contributed by atoms with Crippen LogP contribution in [0.4, 0.5) is 15.8 Å². The van der Waals surface area contributed by atoms with Crippen molar-refractivity contribution in [2.45, 2.75) is 19.4 Å². The quantitative estimate of drug-likeness (QED) is 0.826. The molecule has 2 aromatic carbocycles. The number of halogens is 2. The van der Waals surface area contributed by atoms with Gasteiger partial charge in [0, 0.05) is 6.04 Å². The second-order valence-electron chi connectivity index (χ2n) is 4.58. The molecule has 0 bridgehead atoms. The first-order valence-corrected chi connectivity index (χ1v) is 6.49. The molecule has 0 amide bonds. The number of para-hydroxylation sites is 1. The number of hydrogen-bond acceptors (Lipinski definition) is 2. The molecule has 2 rings (SSSR count). The molecule has 0 aliphatic carbocycles. The van der Waals surface area contributed by atoms with Gasteiger partial charge in [-0.3, -0.25) is 0 Å². The summed E-state index contributed by atoms with van der Waals surface area (Å²) < 4.78 is 12.8. The van der Waals surface area contributed by atoms with Gasteiger partial charge in [0.2, 0.25) is 0 Å². The monoisotopic (exact) mass is 278 g/mol. The third-order valence-corrected chi connectivity index (χ3v) is 3.21. The topological polar surface area (TPSA) is 38.0 Å². The largest absolute Gasteiger partial charge is 0.397 e. The highest BCUT2D eigenvalue weighted by Gasteiger charge is 2.09. The zero-order valence-corrected chi connectivity index (χ0v) is 11.4. The molecule has 2 aromatic rings. The Bertz CT molecular complexity index is 534. The first-order chi connectivity index (χ1) is 9.06. The number of hydrogen-bond donors (Lipinski definition) is 2. The van der Waals surface area contributed by atoms with Gasteiger partial charge in [0.25, 0.3) is 0 Å². The van der Waals surface area contributed by atoms with Crippen molar-refractivity contribution < 1.29 is 4.39 Å². The van der Waals surface area contributed by atoms with Crippen molar-refractivity contribution in [3.05, 3.63) is 58.9 Å². The van der Waals surface area contributed by atoms with E-state index in [0.29, 0.717) is 10.7 Å². The fourth-order valence-corrected chi connectivity index (χ4v) is 2.20. The van der Waals surface area contributed by atoms with E-state index in [4.69, 9.17) is 17.3 Å². The lowest BCUT2D eigenvalue weighted by atomic mass is 10.1. The number of anilines is 2. The first kappa shape index (κ1) is 13.7. The zero-order chi connectivity index (χ0) is 13.8. The molecular weight excluding hydrogens is 263 g/mol. The minimum absolute atomic E-state index is 0.146. The number of nitrogens with one attached hydrogen (secondary N) is 1. The van der Waals surface area contributed by atoms with Gasteiger partial charge in [-0.15, -0.1) is 0 Å². The second kappa shape index (κ2) is 5.93. The fourth-order valence-electron chi connectivity index (χ4n) is 1.96. The van der Waals surface area contributed by atoms with Crippen LogP contribution in [0.15, 0.2) is 42.5 Å². The third-order valence-electron chi connectivity index (χ3n) is 2.89. The van der Waals surface area contributed by atoms with Crippen LogP contribution in [0.5, 0.6) is 0 Å². The summed E-state index contributed by atoms with van der Waals surface area (Å²) in [4.78, 5) is 0. The summed E-state index contributed by atoms with van der Waals surface area (Å²) in [7, 11) is 0. The van der Waals surface area contributed by atoms with Gasteiger partial charge in [0.1, 0.15) is 5.82 Å². The molecule has 19 heavy (non-hydrogen) atoms. The smallest absolute Gasteiger partial charge is 0.123 e. The number of nitrogen functional groups attached to an aromatic ring is 1. The molecule has 1 atom stereocenters. The van der Waals surface area contributed by atoms with E-state index in [2.05, 4.69) is 5.32 Å². The van der Waals surface area contributed by atoms with Crippen molar-refractivity contribution in [2.75, 3.05) is 11.1 Å². The molecule has 0 saturated carbocycles. The van der Waals surface area contributed by atoms with Crippen LogP contribution in [0.3, 0.4) is 0 Å². The predicted octanol–water partition coefficient (Wildman–Crippen LogP) is 4.10. The standard InChI is InChI=1S/C15H16ClFN2/c1-10(9-11-5-7-12(17)8-6-11)19-15-13(16)3-2-4-14(15)18/h2-8,10,19H,9,18H2,1H3. The molecule has 0 spiro atoms. The maximum atomic E-state index is 12.8. The van der Waals surface area contributed by atoms with Gasteiger partial charge in [-0.2, -0.15) is 0 Å². The van der Waals surface area contributed by atoms with Crippen LogP contribution < -0.4 is 11.1 Å². The van der Waals surface area contributed by atoms with E-state index in [0.717, 1.165) is 17.7 Å². The lowest BCUT2D eigenvalue weighted by Crippen LogP contribution is -2.19. The maximum Gasteiger partial charge on any atom is 0.123 e. The summed E-state index contributed by atoms with van der Waals surface area (Å²) in [6.45, 7) is 2.03. The van der Waals surface area contributed by atoms with Crippen molar-refractivity contribution in [1.29, 1.82) is 0 Å². The fraction of sp³-hybridized carbons (Fsp3) is 0.200. The molecule has 0 heterocycles. The van der Waals surface area contributed by atoms with Gasteiger partial charge in [0.15, 0.2) is 0 Å². The highest BCUT2D eigenvalue weighted by atomic mass is 35.5. The average Bonchev–Trinajstić information content (AvgIpc) is 2.37. The summed E-state index contributed by atoms with van der Waals surface area (Å²) >= 11 is 6.11. The predicted molar refractivity (Wildman–Crippen MR) is 79.1 cm³/mol. The van der Waals surface area contributed by atoms with Crippen LogP contribution in [0.1, 0.15) is 12.5 Å². The van der Waals surface area contributed by atoms with E-state index in [-0.39, 0.29) is 11.9 Å². The summed E-state index contributed by atoms with van der Waals surface area (Å²) in [6, 6.07) is 12.1. The van der Waals surface area contributed by atoms with Gasteiger partial charge in [-0.1, -0.05) is 29.8 Å². The normalized spacial score (nSPS) is 12.2. The lowest BCUT2D eigenvalue weighted by Gasteiger charge is -2.18. The molecule has 0 saturated heterocycles. The van der Waals surface area contributed by atoms with E-state index in [1.807, 2.05) is 13.0 Å². The molecule has 0 aromatic heterocycles. The molecule has 0 fully saturated rings. The minimum atomic E-state index is -0.222. The Kier molecular flexibility index (Phi) is 4.27. The van der Waals surface area contributed by atoms with Gasteiger partial charge in [0.05, 0.1) is 16.4 Å². The summed E-state index contributed by atoms with van der Waals surface area (Å²) in [5, 5.41) is 3.89. The Hall–Kier alpha value is -1.74. The molecular formula is C15H16ClFN2. The Morgan fingerprint density at radius 3 is 2.53 bits per heavy atom. The Labute approximate surface area is 117 Å². The van der Waals surface area contributed by atoms with E-state index in [1.54, 1.807) is 24.3 Å². The average molecular weight is 279 g/mol. The van der Waals surface area contributed by atoms with Crippen LogP contribution in [0.25, 0.3) is 0 Å². The van der Waals surface area contributed by atoms with E-state index in [1.165, 1.54) is 12.1 Å². The number of rotatable bonds is 4.